The molecule has 0 aliphatic heterocycles. The Balaban J connectivity index is 0.000000249. The standard InChI is InChI=1S/4C13H15N2.2C8H5.2Y/c4*1-13(2,3)14-9-11-8-10-6-4-5-7-12(10)15-11;2*1-2-8-6-4-3-5-7-8;;/h4*4-9H,1-3H3;2*3-7H;;/q6*-1;2*+3. The fraction of sp³-hybridized carbons (Fsp3) is 0.235. The first-order chi connectivity index (χ1) is 36.0. The molecule has 0 saturated heterocycles. The molecule has 0 saturated carbocycles. The van der Waals surface area contributed by atoms with E-state index in [1.54, 1.807) is 0 Å². The average molecular weight is 1180 g/mol. The molecule has 4 aromatic heterocycles. The molecule has 0 atom stereocenters. The largest absolute Gasteiger partial charge is 3.00 e. The van der Waals surface area contributed by atoms with Gasteiger partial charge in [-0.3, -0.25) is 31.8 Å². The first kappa shape index (κ1) is 65.8. The van der Waals surface area contributed by atoms with Crippen LogP contribution in [-0.2, 0) is 65.4 Å². The molecule has 0 bridgehead atoms. The van der Waals surface area contributed by atoms with Crippen LogP contribution in [0.5, 0.6) is 0 Å². The Hall–Kier alpha value is -6.51. The van der Waals surface area contributed by atoms with Crippen LogP contribution in [0.3, 0.4) is 0 Å². The molecule has 388 valence electrons. The van der Waals surface area contributed by atoms with Gasteiger partial charge in [0.15, 0.2) is 0 Å². The van der Waals surface area contributed by atoms with Crippen LogP contribution in [0.25, 0.3) is 43.6 Å². The van der Waals surface area contributed by atoms with Crippen molar-refractivity contribution in [2.45, 2.75) is 105 Å². The summed E-state index contributed by atoms with van der Waals surface area (Å²) in [7, 11) is 0. The molecule has 0 radical (unpaired) electrons. The van der Waals surface area contributed by atoms with E-state index in [0.29, 0.717) is 0 Å². The third-order valence-electron chi connectivity index (χ3n) is 10.1. The molecule has 8 nitrogen and oxygen atoms in total. The molecule has 0 N–H and O–H groups in total. The molecule has 0 aliphatic carbocycles. The van der Waals surface area contributed by atoms with E-state index in [1.807, 2.05) is 158 Å². The monoisotopic (exact) mass is 1180 g/mol. The summed E-state index contributed by atoms with van der Waals surface area (Å²) in [5.41, 5.74) is 9.39. The van der Waals surface area contributed by atoms with Crippen molar-refractivity contribution in [1.82, 2.24) is 19.9 Å². The molecule has 0 spiro atoms. The van der Waals surface area contributed by atoms with Gasteiger partial charge in [0.25, 0.3) is 0 Å². The van der Waals surface area contributed by atoms with Gasteiger partial charge in [-0.05, 0) is 105 Å². The Kier molecular flexibility index (Phi) is 26.8. The summed E-state index contributed by atoms with van der Waals surface area (Å²) in [6.07, 6.45) is 20.8. The van der Waals surface area contributed by atoms with Gasteiger partial charge in [-0.2, -0.15) is 0 Å². The molecule has 0 amide bonds. The van der Waals surface area contributed by atoms with E-state index >= 15 is 0 Å². The van der Waals surface area contributed by atoms with Crippen molar-refractivity contribution < 1.29 is 65.4 Å². The van der Waals surface area contributed by atoms with Crippen molar-refractivity contribution in [1.29, 1.82) is 0 Å². The second-order valence-electron chi connectivity index (χ2n) is 21.7. The third kappa shape index (κ3) is 25.3. The molecule has 0 fully saturated rings. The number of para-hydroxylation sites is 4. The number of hydrogen-bond donors (Lipinski definition) is 0. The minimum Gasteiger partial charge on any atom is -0.656 e. The van der Waals surface area contributed by atoms with Crippen LogP contribution in [0, 0.1) is 24.7 Å². The summed E-state index contributed by atoms with van der Waals surface area (Å²) in [4.78, 5) is 35.6. The van der Waals surface area contributed by atoms with Crippen molar-refractivity contribution in [3.8, 4) is 11.8 Å². The molecule has 10 aromatic rings. The predicted octanol–water partition coefficient (Wildman–Crippen LogP) is 15.3. The van der Waals surface area contributed by atoms with E-state index in [-0.39, 0.29) is 87.6 Å². The summed E-state index contributed by atoms with van der Waals surface area (Å²) in [5, 5.41) is 4.70. The fourth-order valence-corrected chi connectivity index (χ4v) is 6.51. The van der Waals surface area contributed by atoms with E-state index in [1.165, 1.54) is 21.5 Å². The van der Waals surface area contributed by atoms with Gasteiger partial charge in [-0.1, -0.05) is 158 Å². The molecular formula is C68H70N8Y2. The maximum atomic E-state index is 6.69. The number of benzene rings is 6. The van der Waals surface area contributed by atoms with Crippen LogP contribution < -0.4 is 19.9 Å². The molecule has 0 unspecified atom stereocenters. The molecule has 78 heavy (non-hydrogen) atoms. The molecule has 0 aliphatic rings. The second-order valence-corrected chi connectivity index (χ2v) is 21.7. The third-order valence-corrected chi connectivity index (χ3v) is 10.1. The summed E-state index contributed by atoms with van der Waals surface area (Å²) >= 11 is 0. The fourth-order valence-electron chi connectivity index (χ4n) is 6.51. The van der Waals surface area contributed by atoms with Gasteiger partial charge in [0.05, 0.1) is 22.2 Å². The van der Waals surface area contributed by atoms with Crippen LogP contribution in [0.2, 0.25) is 0 Å². The van der Waals surface area contributed by atoms with E-state index in [2.05, 4.69) is 183 Å². The Bertz CT molecular complexity index is 2990. The van der Waals surface area contributed by atoms with Crippen molar-refractivity contribution >= 4 is 68.5 Å². The van der Waals surface area contributed by atoms with Gasteiger partial charge in [-0.25, -0.2) is 0 Å². The number of nitrogens with zero attached hydrogens (tertiary/aromatic N) is 8. The molecule has 4 heterocycles. The maximum absolute atomic E-state index is 6.69. The molecular weight excluding hydrogens is 1110 g/mol. The number of aliphatic imine (C=N–C) groups is 4. The van der Waals surface area contributed by atoms with Crippen LogP contribution in [0.15, 0.2) is 202 Å². The minimum atomic E-state index is -0.0366. The Morgan fingerprint density at radius 3 is 0.667 bits per heavy atom. The Labute approximate surface area is 514 Å². The summed E-state index contributed by atoms with van der Waals surface area (Å²) < 4.78 is 0. The topological polar surface area (TPSA) is 106 Å². The van der Waals surface area contributed by atoms with Crippen molar-refractivity contribution in [2.24, 2.45) is 20.0 Å². The normalized spacial score (nSPS) is 11.4. The first-order valence-electron chi connectivity index (χ1n) is 25.3. The van der Waals surface area contributed by atoms with E-state index in [4.69, 9.17) is 12.8 Å². The number of rotatable bonds is 4. The molecule has 10 heteroatoms. The summed E-state index contributed by atoms with van der Waals surface area (Å²) in [6, 6.07) is 59.4. The molecule has 10 rings (SSSR count). The Morgan fingerprint density at radius 1 is 0.308 bits per heavy atom. The van der Waals surface area contributed by atoms with Crippen LogP contribution >= 0.6 is 0 Å². The predicted molar refractivity (Wildman–Crippen MR) is 324 cm³/mol. The van der Waals surface area contributed by atoms with Crippen LogP contribution in [0.4, 0.5) is 0 Å². The van der Waals surface area contributed by atoms with E-state index in [9.17, 15) is 0 Å². The number of hydrogen-bond acceptors (Lipinski definition) is 4. The van der Waals surface area contributed by atoms with Gasteiger partial charge in [0, 0.05) is 24.9 Å². The summed E-state index contributed by atoms with van der Waals surface area (Å²) in [6.45, 7) is 24.9. The number of aromatic nitrogens is 4. The first-order valence-corrected chi connectivity index (χ1v) is 25.3. The molecule has 6 aromatic carbocycles. The van der Waals surface area contributed by atoms with Crippen LogP contribution in [0.1, 0.15) is 117 Å². The van der Waals surface area contributed by atoms with E-state index < -0.39 is 0 Å². The van der Waals surface area contributed by atoms with Gasteiger partial charge in [0.1, 0.15) is 0 Å². The van der Waals surface area contributed by atoms with Gasteiger partial charge in [-0.15, -0.1) is 80.2 Å². The minimum absolute atomic E-state index is 0. The van der Waals surface area contributed by atoms with Gasteiger partial charge in [0.2, 0.25) is 0 Å². The van der Waals surface area contributed by atoms with Crippen LogP contribution in [-0.4, -0.2) is 47.0 Å². The van der Waals surface area contributed by atoms with Crippen molar-refractivity contribution in [3.63, 3.8) is 0 Å². The van der Waals surface area contributed by atoms with Gasteiger partial charge >= 0.3 is 65.4 Å². The zero-order valence-corrected chi connectivity index (χ0v) is 53.0. The maximum Gasteiger partial charge on any atom is 3.00 e. The second kappa shape index (κ2) is 31.8. The average Bonchev–Trinajstić information content (AvgIpc) is 4.21. The SMILES string of the molecule is CC(C)(C)N=Cc1cc2ccccc2[n-]1.CC(C)(C)N=Cc1cc2ccccc2[n-]1.CC(C)(C)N=Cc1cc2ccccc2[n-]1.CC(C)(C)N=Cc1cc2ccccc2[n-]1.[C-]#Cc1ccccc1.[C-]#Cc1ccccc1.[Y+3].[Y+3]. The van der Waals surface area contributed by atoms with E-state index in [0.717, 1.165) is 56.0 Å². The van der Waals surface area contributed by atoms with Crippen molar-refractivity contribution in [2.75, 3.05) is 0 Å². The zero-order valence-electron chi connectivity index (χ0n) is 47.4. The Morgan fingerprint density at radius 2 is 0.500 bits per heavy atom. The zero-order chi connectivity index (χ0) is 55.2. The van der Waals surface area contributed by atoms with Gasteiger partial charge < -0.3 is 32.8 Å². The smallest absolute Gasteiger partial charge is 0.656 e. The quantitative estimate of drug-likeness (QED) is 0.0994. The summed E-state index contributed by atoms with van der Waals surface area (Å²) in [5.74, 6) is 4.55. The number of fused-ring (bicyclic) bond motifs is 4. The van der Waals surface area contributed by atoms with Crippen molar-refractivity contribution in [3.05, 3.63) is 229 Å².